The second kappa shape index (κ2) is 6.55. The van der Waals surface area contributed by atoms with Crippen molar-refractivity contribution >= 4 is 17.5 Å². The van der Waals surface area contributed by atoms with Crippen LogP contribution >= 0.6 is 11.6 Å². The van der Waals surface area contributed by atoms with Gasteiger partial charge in [0.15, 0.2) is 0 Å². The van der Waals surface area contributed by atoms with E-state index >= 15 is 0 Å². The Labute approximate surface area is 104 Å². The van der Waals surface area contributed by atoms with Crippen molar-refractivity contribution in [3.05, 3.63) is 35.4 Å². The van der Waals surface area contributed by atoms with Gasteiger partial charge in [0.2, 0.25) is 0 Å². The molecule has 0 aromatic heterocycles. The Hall–Kier alpha value is -1.16. The van der Waals surface area contributed by atoms with Gasteiger partial charge in [-0.2, -0.15) is 0 Å². The Bertz CT molecular complexity index is 398. The van der Waals surface area contributed by atoms with Gasteiger partial charge in [-0.1, -0.05) is 6.92 Å². The summed E-state index contributed by atoms with van der Waals surface area (Å²) in [5.74, 6) is -1.26. The largest absolute Gasteiger partial charge is 0.352 e. The number of rotatable bonds is 5. The molecule has 0 saturated carbocycles. The number of hydrogen-bond acceptors (Lipinski definition) is 1. The smallest absolute Gasteiger partial charge is 0.254 e. The zero-order valence-electron chi connectivity index (χ0n) is 9.47. The number of alkyl halides is 1. The first-order valence-corrected chi connectivity index (χ1v) is 5.87. The minimum atomic E-state index is -0.728. The lowest BCUT2D eigenvalue weighted by Gasteiger charge is -2.11. The van der Waals surface area contributed by atoms with Gasteiger partial charge in [0.25, 0.3) is 5.91 Å². The topological polar surface area (TPSA) is 29.1 Å². The second-order valence-corrected chi connectivity index (χ2v) is 4.29. The van der Waals surface area contributed by atoms with Crippen molar-refractivity contribution in [1.29, 1.82) is 0 Å². The van der Waals surface area contributed by atoms with Crippen LogP contribution in [0.3, 0.4) is 0 Å². The highest BCUT2D eigenvalue weighted by atomic mass is 35.5. The zero-order valence-corrected chi connectivity index (χ0v) is 10.2. The zero-order chi connectivity index (χ0) is 12.8. The maximum absolute atomic E-state index is 13.2. The van der Waals surface area contributed by atoms with Crippen molar-refractivity contribution in [2.75, 3.05) is 12.4 Å². The number of benzene rings is 1. The normalized spacial score (nSPS) is 12.2. The number of halogens is 3. The number of carbonyl (C=O) groups is 1. The van der Waals surface area contributed by atoms with Crippen LogP contribution < -0.4 is 5.32 Å². The van der Waals surface area contributed by atoms with Crippen LogP contribution in [0.5, 0.6) is 0 Å². The van der Waals surface area contributed by atoms with Crippen molar-refractivity contribution in [3.63, 3.8) is 0 Å². The molecule has 5 heteroatoms. The summed E-state index contributed by atoms with van der Waals surface area (Å²) in [4.78, 5) is 11.6. The van der Waals surface area contributed by atoms with E-state index in [1.54, 1.807) is 0 Å². The Kier molecular flexibility index (Phi) is 5.35. The molecular formula is C12H14ClF2NO. The number of hydrogen-bond donors (Lipinski definition) is 1. The first-order chi connectivity index (χ1) is 8.04. The molecule has 0 saturated heterocycles. The van der Waals surface area contributed by atoms with Crippen LogP contribution in [0.25, 0.3) is 0 Å². The van der Waals surface area contributed by atoms with E-state index in [0.717, 1.165) is 24.6 Å². The summed E-state index contributed by atoms with van der Waals surface area (Å²) in [7, 11) is 0. The summed E-state index contributed by atoms with van der Waals surface area (Å²) in [5, 5.41) is 2.55. The van der Waals surface area contributed by atoms with Crippen molar-refractivity contribution in [2.45, 2.75) is 13.3 Å². The van der Waals surface area contributed by atoms with Gasteiger partial charge >= 0.3 is 0 Å². The van der Waals surface area contributed by atoms with Crippen molar-refractivity contribution in [1.82, 2.24) is 5.32 Å². The summed E-state index contributed by atoms with van der Waals surface area (Å²) in [5.41, 5.74) is -0.275. The Morgan fingerprint density at radius 2 is 2.18 bits per heavy atom. The number of amides is 1. The molecule has 1 rings (SSSR count). The third-order valence-electron chi connectivity index (χ3n) is 2.39. The molecule has 0 bridgehead atoms. The van der Waals surface area contributed by atoms with Crippen molar-refractivity contribution in [3.8, 4) is 0 Å². The lowest BCUT2D eigenvalue weighted by molar-refractivity contribution is 0.0943. The summed E-state index contributed by atoms with van der Waals surface area (Å²) in [6, 6.07) is 2.80. The molecule has 0 aliphatic carbocycles. The second-order valence-electron chi connectivity index (χ2n) is 3.92. The van der Waals surface area contributed by atoms with Gasteiger partial charge in [0.1, 0.15) is 11.6 Å². The molecule has 0 aliphatic rings. The third-order valence-corrected chi connectivity index (χ3v) is 2.60. The molecule has 1 aromatic carbocycles. The van der Waals surface area contributed by atoms with E-state index in [-0.39, 0.29) is 11.5 Å². The summed E-state index contributed by atoms with van der Waals surface area (Å²) >= 11 is 5.55. The van der Waals surface area contributed by atoms with E-state index in [1.807, 2.05) is 6.92 Å². The lowest BCUT2D eigenvalue weighted by atomic mass is 10.1. The Morgan fingerprint density at radius 1 is 1.47 bits per heavy atom. The van der Waals surface area contributed by atoms with Crippen LogP contribution in [-0.4, -0.2) is 18.3 Å². The van der Waals surface area contributed by atoms with E-state index in [1.165, 1.54) is 0 Å². The van der Waals surface area contributed by atoms with Gasteiger partial charge in [0, 0.05) is 12.4 Å². The van der Waals surface area contributed by atoms with Crippen molar-refractivity contribution < 1.29 is 13.6 Å². The van der Waals surface area contributed by atoms with Gasteiger partial charge < -0.3 is 5.32 Å². The quantitative estimate of drug-likeness (QED) is 0.812. The highest BCUT2D eigenvalue weighted by molar-refractivity contribution is 6.17. The molecule has 1 aromatic rings. The Balaban J connectivity index is 2.61. The molecule has 1 atom stereocenters. The Morgan fingerprint density at radius 3 is 2.82 bits per heavy atom. The fourth-order valence-electron chi connectivity index (χ4n) is 1.32. The standard InChI is InChI=1S/C12H14ClF2NO/c1-8(4-5-13)7-16-12(17)10-6-9(14)2-3-11(10)15/h2-3,6,8H,4-5,7H2,1H3,(H,16,17). The van der Waals surface area contributed by atoms with Gasteiger partial charge in [-0.25, -0.2) is 8.78 Å². The molecule has 0 heterocycles. The van der Waals surface area contributed by atoms with Crippen LogP contribution in [0, 0.1) is 17.6 Å². The van der Waals surface area contributed by atoms with Crippen LogP contribution in [0.4, 0.5) is 8.78 Å². The minimum Gasteiger partial charge on any atom is -0.352 e. The average Bonchev–Trinajstić information content (AvgIpc) is 2.29. The first-order valence-electron chi connectivity index (χ1n) is 5.33. The highest BCUT2D eigenvalue weighted by Gasteiger charge is 2.13. The van der Waals surface area contributed by atoms with E-state index < -0.39 is 17.5 Å². The van der Waals surface area contributed by atoms with Crippen molar-refractivity contribution in [2.24, 2.45) is 5.92 Å². The molecule has 17 heavy (non-hydrogen) atoms. The van der Waals surface area contributed by atoms with E-state index in [4.69, 9.17) is 11.6 Å². The molecular weight excluding hydrogens is 248 g/mol. The monoisotopic (exact) mass is 261 g/mol. The molecule has 94 valence electrons. The van der Waals surface area contributed by atoms with Gasteiger partial charge in [-0.15, -0.1) is 11.6 Å². The number of nitrogens with one attached hydrogen (secondary N) is 1. The summed E-state index contributed by atoms with van der Waals surface area (Å²) in [6.45, 7) is 2.31. The molecule has 1 unspecified atom stereocenters. The lowest BCUT2D eigenvalue weighted by Crippen LogP contribution is -2.29. The maximum Gasteiger partial charge on any atom is 0.254 e. The average molecular weight is 262 g/mol. The van der Waals surface area contributed by atoms with Gasteiger partial charge in [0.05, 0.1) is 5.56 Å². The van der Waals surface area contributed by atoms with E-state index in [2.05, 4.69) is 5.32 Å². The third kappa shape index (κ3) is 4.30. The molecule has 0 aliphatic heterocycles. The number of carbonyl (C=O) groups excluding carboxylic acids is 1. The van der Waals surface area contributed by atoms with Crippen LogP contribution in [-0.2, 0) is 0 Å². The SMILES string of the molecule is CC(CCCl)CNC(=O)c1cc(F)ccc1F. The van der Waals surface area contributed by atoms with Crippen LogP contribution in [0.15, 0.2) is 18.2 Å². The predicted molar refractivity (Wildman–Crippen MR) is 63.2 cm³/mol. The highest BCUT2D eigenvalue weighted by Crippen LogP contribution is 2.10. The summed E-state index contributed by atoms with van der Waals surface area (Å²) < 4.78 is 26.1. The predicted octanol–water partition coefficient (Wildman–Crippen LogP) is 2.96. The molecule has 1 amide bonds. The fraction of sp³-hybridized carbons (Fsp3) is 0.417. The van der Waals surface area contributed by atoms with Crippen LogP contribution in [0.2, 0.25) is 0 Å². The van der Waals surface area contributed by atoms with E-state index in [0.29, 0.717) is 12.4 Å². The fourth-order valence-corrected chi connectivity index (χ4v) is 1.69. The van der Waals surface area contributed by atoms with E-state index in [9.17, 15) is 13.6 Å². The molecule has 0 spiro atoms. The molecule has 0 fully saturated rings. The van der Waals surface area contributed by atoms with Gasteiger partial charge in [-0.05, 0) is 30.5 Å². The van der Waals surface area contributed by atoms with Crippen LogP contribution in [0.1, 0.15) is 23.7 Å². The molecule has 2 nitrogen and oxygen atoms in total. The minimum absolute atomic E-state index is 0.202. The summed E-state index contributed by atoms with van der Waals surface area (Å²) in [6.07, 6.45) is 0.757. The molecule has 0 radical (unpaired) electrons. The molecule has 1 N–H and O–H groups in total. The van der Waals surface area contributed by atoms with Gasteiger partial charge in [-0.3, -0.25) is 4.79 Å². The maximum atomic E-state index is 13.2. The first kappa shape index (κ1) is 13.9.